The first-order valence-corrected chi connectivity index (χ1v) is 9.83. The largest absolute Gasteiger partial charge is 0.444 e. The molecule has 0 aliphatic carbocycles. The number of likely N-dealkylation sites (tertiary alicyclic amines) is 1. The summed E-state index contributed by atoms with van der Waals surface area (Å²) in [6, 6.07) is 3.19. The Labute approximate surface area is 179 Å². The van der Waals surface area contributed by atoms with Gasteiger partial charge in [-0.15, -0.1) is 0 Å². The van der Waals surface area contributed by atoms with Crippen LogP contribution in [0, 0.1) is 5.82 Å². The van der Waals surface area contributed by atoms with E-state index in [1.807, 2.05) is 0 Å². The zero-order valence-electron chi connectivity index (χ0n) is 17.4. The zero-order chi connectivity index (χ0) is 22.7. The fraction of sp³-hybridized carbons (Fsp3) is 0.550. The summed E-state index contributed by atoms with van der Waals surface area (Å²) in [5.41, 5.74) is -2.70. The van der Waals surface area contributed by atoms with Crippen LogP contribution in [0.5, 0.6) is 0 Å². The lowest BCUT2D eigenvalue weighted by atomic mass is 10.0. The molecule has 30 heavy (non-hydrogen) atoms. The van der Waals surface area contributed by atoms with Crippen LogP contribution in [0.1, 0.15) is 39.7 Å². The van der Waals surface area contributed by atoms with Gasteiger partial charge in [-0.1, -0.05) is 23.7 Å². The van der Waals surface area contributed by atoms with Crippen molar-refractivity contribution in [2.24, 2.45) is 0 Å². The highest BCUT2D eigenvalue weighted by molar-refractivity contribution is 6.30. The molecule has 0 saturated carbocycles. The molecule has 10 heteroatoms. The predicted molar refractivity (Wildman–Crippen MR) is 107 cm³/mol. The van der Waals surface area contributed by atoms with Gasteiger partial charge in [0, 0.05) is 25.5 Å². The first-order valence-electron chi connectivity index (χ1n) is 9.45. The van der Waals surface area contributed by atoms with Gasteiger partial charge in [0.2, 0.25) is 11.8 Å². The topological polar surface area (TPSA) is 87.7 Å². The summed E-state index contributed by atoms with van der Waals surface area (Å²) >= 11 is 5.74. The number of ether oxygens (including phenoxy) is 1. The number of alkyl halides is 1. The molecule has 1 heterocycles. The number of hydrogen-bond donors (Lipinski definition) is 2. The zero-order valence-corrected chi connectivity index (χ0v) is 18.1. The van der Waals surface area contributed by atoms with E-state index in [0.29, 0.717) is 0 Å². The van der Waals surface area contributed by atoms with Crippen molar-refractivity contribution in [2.45, 2.75) is 58.0 Å². The van der Waals surface area contributed by atoms with Gasteiger partial charge in [0.1, 0.15) is 23.1 Å². The van der Waals surface area contributed by atoms with Crippen molar-refractivity contribution in [1.82, 2.24) is 15.5 Å². The van der Waals surface area contributed by atoms with Crippen LogP contribution in [0.15, 0.2) is 18.2 Å². The number of halogens is 3. The molecule has 0 unspecified atom stereocenters. The number of amides is 3. The van der Waals surface area contributed by atoms with E-state index in [1.165, 1.54) is 25.1 Å². The number of carbonyl (C=O) groups excluding carboxylic acids is 3. The number of nitrogens with one attached hydrogen (secondary N) is 2. The molecule has 7 nitrogen and oxygen atoms in total. The lowest BCUT2D eigenvalue weighted by Crippen LogP contribution is -2.47. The summed E-state index contributed by atoms with van der Waals surface area (Å²) in [7, 11) is 0. The quantitative estimate of drug-likeness (QED) is 0.729. The lowest BCUT2D eigenvalue weighted by Gasteiger charge is -2.28. The molecule has 2 atom stereocenters. The molecule has 1 aliphatic rings. The van der Waals surface area contributed by atoms with E-state index < -0.39 is 47.6 Å². The SMILES string of the molecule is CC(=O)NC[C@@]1(F)C[C@@H](C(=O)NCc2cccc(Cl)c2F)N(C(=O)OC(C)(C)C)C1. The minimum Gasteiger partial charge on any atom is -0.444 e. The third-order valence-electron chi connectivity index (χ3n) is 4.46. The van der Waals surface area contributed by atoms with Crippen LogP contribution in [-0.2, 0) is 20.9 Å². The Morgan fingerprint density at radius 1 is 1.30 bits per heavy atom. The van der Waals surface area contributed by atoms with Crippen LogP contribution in [0.3, 0.4) is 0 Å². The molecule has 2 rings (SSSR count). The molecule has 166 valence electrons. The Morgan fingerprint density at radius 2 is 1.97 bits per heavy atom. The van der Waals surface area contributed by atoms with Gasteiger partial charge in [-0.25, -0.2) is 13.6 Å². The van der Waals surface area contributed by atoms with Gasteiger partial charge in [-0.05, 0) is 26.8 Å². The third-order valence-corrected chi connectivity index (χ3v) is 4.75. The van der Waals surface area contributed by atoms with E-state index in [2.05, 4.69) is 10.6 Å². The Morgan fingerprint density at radius 3 is 2.57 bits per heavy atom. The molecule has 0 aromatic heterocycles. The van der Waals surface area contributed by atoms with Gasteiger partial charge in [-0.2, -0.15) is 0 Å². The molecule has 1 fully saturated rings. The Bertz CT molecular complexity index is 831. The summed E-state index contributed by atoms with van der Waals surface area (Å²) in [6.45, 7) is 5.23. The standard InChI is InChI=1S/C20H26ClF2N3O4/c1-12(27)25-10-20(23)8-15(26(11-20)18(29)30-19(2,3)4)17(28)24-9-13-6-5-7-14(21)16(13)22/h5-7,15H,8-11H2,1-4H3,(H,24,28)(H,25,27)/t15-,20-/m0/s1. The minimum absolute atomic E-state index is 0.0870. The number of hydrogen-bond acceptors (Lipinski definition) is 4. The number of rotatable bonds is 5. The number of benzene rings is 1. The van der Waals surface area contributed by atoms with Gasteiger partial charge in [0.05, 0.1) is 18.1 Å². The molecule has 0 spiro atoms. The Hall–Kier alpha value is -2.42. The Kier molecular flexibility index (Phi) is 7.28. The van der Waals surface area contributed by atoms with Crippen LogP contribution in [0.2, 0.25) is 5.02 Å². The normalized spacial score (nSPS) is 21.3. The molecule has 1 aromatic rings. The van der Waals surface area contributed by atoms with E-state index in [1.54, 1.807) is 20.8 Å². The molecule has 1 aliphatic heterocycles. The van der Waals surface area contributed by atoms with Crippen molar-refractivity contribution in [3.63, 3.8) is 0 Å². The first kappa shape index (κ1) is 23.9. The molecule has 1 saturated heterocycles. The number of carbonyl (C=O) groups is 3. The third kappa shape index (κ3) is 6.29. The van der Waals surface area contributed by atoms with E-state index in [-0.39, 0.29) is 30.1 Å². The van der Waals surface area contributed by atoms with Crippen LogP contribution < -0.4 is 10.6 Å². The van der Waals surface area contributed by atoms with Crippen molar-refractivity contribution < 1.29 is 27.9 Å². The van der Waals surface area contributed by atoms with Gasteiger partial charge in [-0.3, -0.25) is 14.5 Å². The van der Waals surface area contributed by atoms with Crippen LogP contribution in [0.4, 0.5) is 13.6 Å². The average Bonchev–Trinajstić information content (AvgIpc) is 2.98. The van der Waals surface area contributed by atoms with Gasteiger partial charge >= 0.3 is 6.09 Å². The van der Waals surface area contributed by atoms with Crippen molar-refractivity contribution in [3.05, 3.63) is 34.6 Å². The van der Waals surface area contributed by atoms with E-state index in [0.717, 1.165) is 4.90 Å². The molecule has 3 amide bonds. The van der Waals surface area contributed by atoms with Crippen molar-refractivity contribution in [3.8, 4) is 0 Å². The molecular formula is C20H26ClF2N3O4. The van der Waals surface area contributed by atoms with Gasteiger partial charge < -0.3 is 15.4 Å². The van der Waals surface area contributed by atoms with Crippen LogP contribution in [0.25, 0.3) is 0 Å². The monoisotopic (exact) mass is 445 g/mol. The average molecular weight is 446 g/mol. The van der Waals surface area contributed by atoms with Crippen LogP contribution >= 0.6 is 11.6 Å². The minimum atomic E-state index is -2.01. The molecule has 0 radical (unpaired) electrons. The van der Waals surface area contributed by atoms with E-state index in [9.17, 15) is 18.8 Å². The maximum absolute atomic E-state index is 15.3. The maximum atomic E-state index is 15.3. The van der Waals surface area contributed by atoms with Crippen molar-refractivity contribution in [2.75, 3.05) is 13.1 Å². The van der Waals surface area contributed by atoms with E-state index in [4.69, 9.17) is 16.3 Å². The summed E-state index contributed by atoms with van der Waals surface area (Å²) in [4.78, 5) is 37.5. The fourth-order valence-corrected chi connectivity index (χ4v) is 3.27. The lowest BCUT2D eigenvalue weighted by molar-refractivity contribution is -0.125. The highest BCUT2D eigenvalue weighted by atomic mass is 35.5. The first-order chi connectivity index (χ1) is 13.8. The fourth-order valence-electron chi connectivity index (χ4n) is 3.08. The molecule has 1 aromatic carbocycles. The molecule has 2 N–H and O–H groups in total. The highest BCUT2D eigenvalue weighted by Gasteiger charge is 2.50. The maximum Gasteiger partial charge on any atom is 0.411 e. The predicted octanol–water partition coefficient (Wildman–Crippen LogP) is 2.95. The molecule has 0 bridgehead atoms. The van der Waals surface area contributed by atoms with Crippen LogP contribution in [-0.4, -0.2) is 53.2 Å². The Balaban J connectivity index is 2.16. The van der Waals surface area contributed by atoms with Crippen molar-refractivity contribution in [1.29, 1.82) is 0 Å². The van der Waals surface area contributed by atoms with Gasteiger partial charge in [0.25, 0.3) is 0 Å². The second-order valence-corrected chi connectivity index (χ2v) is 8.73. The highest BCUT2D eigenvalue weighted by Crippen LogP contribution is 2.32. The second-order valence-electron chi connectivity index (χ2n) is 8.32. The summed E-state index contributed by atoms with van der Waals surface area (Å²) in [5, 5.41) is 4.81. The van der Waals surface area contributed by atoms with Crippen molar-refractivity contribution >= 4 is 29.5 Å². The van der Waals surface area contributed by atoms with Gasteiger partial charge in [0.15, 0.2) is 0 Å². The smallest absolute Gasteiger partial charge is 0.411 e. The van der Waals surface area contributed by atoms with E-state index >= 15 is 4.39 Å². The molecular weight excluding hydrogens is 420 g/mol. The number of nitrogens with zero attached hydrogens (tertiary/aromatic N) is 1. The summed E-state index contributed by atoms with van der Waals surface area (Å²) < 4.78 is 34.6. The summed E-state index contributed by atoms with van der Waals surface area (Å²) in [6.07, 6.45) is -1.19. The second kappa shape index (κ2) is 9.16. The summed E-state index contributed by atoms with van der Waals surface area (Å²) in [5.74, 6) is -1.76.